The van der Waals surface area contributed by atoms with Crippen LogP contribution in [0.1, 0.15) is 50.8 Å². The van der Waals surface area contributed by atoms with Gasteiger partial charge in [-0.25, -0.2) is 4.39 Å². The SMILES string of the molecule is CCCC[C@H](O)[C@H](O)[C@H](C)CCc1cc(F)c2cc(Cl)c(C)nc2c1. The zero-order valence-corrected chi connectivity index (χ0v) is 15.9. The molecule has 5 heteroatoms. The summed E-state index contributed by atoms with van der Waals surface area (Å²) in [6.45, 7) is 5.77. The largest absolute Gasteiger partial charge is 0.390 e. The quantitative estimate of drug-likeness (QED) is 0.703. The van der Waals surface area contributed by atoms with Crippen molar-refractivity contribution in [2.24, 2.45) is 5.92 Å². The highest BCUT2D eigenvalue weighted by atomic mass is 35.5. The van der Waals surface area contributed by atoms with Crippen LogP contribution < -0.4 is 0 Å². The standard InChI is InChI=1S/C20H27ClFNO2/c1-4-5-6-19(24)20(25)12(2)7-8-14-9-17(22)15-11-16(21)13(3)23-18(15)10-14/h9-12,19-20,24-25H,4-8H2,1-3H3/t12-,19+,20-/m1/s1. The Kier molecular flexibility index (Phi) is 7.17. The lowest BCUT2D eigenvalue weighted by molar-refractivity contribution is -0.0193. The Bertz CT molecular complexity index is 722. The number of aliphatic hydroxyl groups is 2. The highest BCUT2D eigenvalue weighted by Gasteiger charge is 2.22. The number of aromatic nitrogens is 1. The third-order valence-electron chi connectivity index (χ3n) is 4.79. The third kappa shape index (κ3) is 5.13. The fourth-order valence-corrected chi connectivity index (χ4v) is 3.18. The van der Waals surface area contributed by atoms with Gasteiger partial charge in [-0.05, 0) is 55.9 Å². The number of fused-ring (bicyclic) bond motifs is 1. The van der Waals surface area contributed by atoms with Crippen molar-refractivity contribution in [3.63, 3.8) is 0 Å². The van der Waals surface area contributed by atoms with Crippen molar-refractivity contribution in [3.05, 3.63) is 40.3 Å². The first-order chi connectivity index (χ1) is 11.8. The first-order valence-electron chi connectivity index (χ1n) is 8.94. The molecule has 1 aromatic carbocycles. The van der Waals surface area contributed by atoms with Crippen LogP contribution in [0.4, 0.5) is 4.39 Å². The number of rotatable bonds is 8. The van der Waals surface area contributed by atoms with E-state index in [4.69, 9.17) is 11.6 Å². The Morgan fingerprint density at radius 1 is 1.20 bits per heavy atom. The molecule has 2 rings (SSSR count). The molecule has 0 aliphatic rings. The average molecular weight is 368 g/mol. The zero-order chi connectivity index (χ0) is 18.6. The van der Waals surface area contributed by atoms with Crippen LogP contribution in [0.3, 0.4) is 0 Å². The predicted octanol–water partition coefficient (Wildman–Crippen LogP) is 4.82. The molecular weight excluding hydrogens is 341 g/mol. The minimum absolute atomic E-state index is 0.0643. The van der Waals surface area contributed by atoms with Crippen LogP contribution in [0, 0.1) is 18.7 Å². The van der Waals surface area contributed by atoms with Crippen LogP contribution in [-0.2, 0) is 6.42 Å². The molecule has 0 fully saturated rings. The lowest BCUT2D eigenvalue weighted by Gasteiger charge is -2.24. The molecule has 1 aromatic heterocycles. The summed E-state index contributed by atoms with van der Waals surface area (Å²) >= 11 is 6.02. The van der Waals surface area contributed by atoms with Crippen LogP contribution in [-0.4, -0.2) is 27.4 Å². The molecule has 0 saturated carbocycles. The summed E-state index contributed by atoms with van der Waals surface area (Å²) in [6, 6.07) is 4.98. The van der Waals surface area contributed by atoms with Gasteiger partial charge in [0.05, 0.1) is 28.4 Å². The lowest BCUT2D eigenvalue weighted by Crippen LogP contribution is -2.32. The maximum absolute atomic E-state index is 14.3. The Morgan fingerprint density at radius 2 is 1.92 bits per heavy atom. The number of aliphatic hydroxyl groups excluding tert-OH is 2. The molecule has 3 nitrogen and oxygen atoms in total. The molecule has 0 saturated heterocycles. The van der Waals surface area contributed by atoms with Gasteiger partial charge in [-0.15, -0.1) is 0 Å². The van der Waals surface area contributed by atoms with E-state index in [2.05, 4.69) is 11.9 Å². The summed E-state index contributed by atoms with van der Waals surface area (Å²) in [5.41, 5.74) is 2.10. The van der Waals surface area contributed by atoms with Gasteiger partial charge in [0, 0.05) is 5.39 Å². The first kappa shape index (κ1) is 20.1. The van der Waals surface area contributed by atoms with Gasteiger partial charge in [0.1, 0.15) is 5.82 Å². The first-order valence-corrected chi connectivity index (χ1v) is 9.32. The lowest BCUT2D eigenvalue weighted by atomic mass is 9.91. The van der Waals surface area contributed by atoms with Crippen LogP contribution in [0.15, 0.2) is 18.2 Å². The molecule has 2 aromatic rings. The van der Waals surface area contributed by atoms with Gasteiger partial charge in [-0.2, -0.15) is 0 Å². The Labute approximate surface area is 153 Å². The summed E-state index contributed by atoms with van der Waals surface area (Å²) in [5.74, 6) is -0.399. The predicted molar refractivity (Wildman–Crippen MR) is 100 cm³/mol. The number of hydrogen-bond acceptors (Lipinski definition) is 3. The number of benzene rings is 1. The highest BCUT2D eigenvalue weighted by molar-refractivity contribution is 6.31. The number of hydrogen-bond donors (Lipinski definition) is 2. The van der Waals surface area contributed by atoms with E-state index in [1.165, 1.54) is 6.07 Å². The zero-order valence-electron chi connectivity index (χ0n) is 15.1. The van der Waals surface area contributed by atoms with Crippen molar-refractivity contribution in [2.75, 3.05) is 0 Å². The minimum Gasteiger partial charge on any atom is -0.390 e. The molecule has 0 amide bonds. The molecule has 3 atom stereocenters. The number of aryl methyl sites for hydroxylation is 2. The van der Waals surface area contributed by atoms with E-state index in [0.29, 0.717) is 40.9 Å². The normalized spacial score (nSPS) is 15.3. The second-order valence-electron chi connectivity index (χ2n) is 6.92. The van der Waals surface area contributed by atoms with Crippen molar-refractivity contribution >= 4 is 22.5 Å². The van der Waals surface area contributed by atoms with Gasteiger partial charge < -0.3 is 10.2 Å². The van der Waals surface area contributed by atoms with Gasteiger partial charge in [-0.1, -0.05) is 38.3 Å². The number of nitrogens with zero attached hydrogens (tertiary/aromatic N) is 1. The van der Waals surface area contributed by atoms with Crippen LogP contribution >= 0.6 is 11.6 Å². The molecule has 1 heterocycles. The van der Waals surface area contributed by atoms with Crippen molar-refractivity contribution in [1.82, 2.24) is 4.98 Å². The van der Waals surface area contributed by atoms with E-state index in [1.807, 2.05) is 13.0 Å². The second kappa shape index (κ2) is 8.93. The Morgan fingerprint density at radius 3 is 2.60 bits per heavy atom. The average Bonchev–Trinajstić information content (AvgIpc) is 2.58. The fraction of sp³-hybridized carbons (Fsp3) is 0.550. The maximum Gasteiger partial charge on any atom is 0.132 e. The summed E-state index contributed by atoms with van der Waals surface area (Å²) in [5, 5.41) is 21.1. The molecule has 0 aliphatic heterocycles. The number of halogens is 2. The molecular formula is C20H27ClFNO2. The monoisotopic (exact) mass is 367 g/mol. The van der Waals surface area contributed by atoms with E-state index in [-0.39, 0.29) is 11.7 Å². The van der Waals surface area contributed by atoms with Crippen LogP contribution in [0.25, 0.3) is 10.9 Å². The molecule has 0 spiro atoms. The van der Waals surface area contributed by atoms with Crippen molar-refractivity contribution in [2.45, 2.75) is 65.1 Å². The van der Waals surface area contributed by atoms with E-state index in [9.17, 15) is 14.6 Å². The smallest absolute Gasteiger partial charge is 0.132 e. The van der Waals surface area contributed by atoms with Crippen LogP contribution in [0.2, 0.25) is 5.02 Å². The van der Waals surface area contributed by atoms with Crippen molar-refractivity contribution in [1.29, 1.82) is 0 Å². The summed E-state index contributed by atoms with van der Waals surface area (Å²) < 4.78 is 14.3. The van der Waals surface area contributed by atoms with E-state index in [0.717, 1.165) is 18.4 Å². The molecule has 0 radical (unpaired) electrons. The molecule has 0 aliphatic carbocycles. The molecule has 0 unspecified atom stereocenters. The van der Waals surface area contributed by atoms with E-state index in [1.54, 1.807) is 13.0 Å². The Balaban J connectivity index is 2.06. The second-order valence-corrected chi connectivity index (χ2v) is 7.32. The van der Waals surface area contributed by atoms with Gasteiger partial charge in [0.25, 0.3) is 0 Å². The fourth-order valence-electron chi connectivity index (χ4n) is 3.03. The van der Waals surface area contributed by atoms with Crippen LogP contribution in [0.5, 0.6) is 0 Å². The summed E-state index contributed by atoms with van der Waals surface area (Å²) in [4.78, 5) is 4.36. The molecule has 25 heavy (non-hydrogen) atoms. The minimum atomic E-state index is -0.754. The van der Waals surface area contributed by atoms with Gasteiger partial charge in [0.15, 0.2) is 0 Å². The number of unbranched alkanes of at least 4 members (excludes halogenated alkanes) is 1. The topological polar surface area (TPSA) is 53.4 Å². The summed E-state index contributed by atoms with van der Waals surface area (Å²) in [6.07, 6.45) is 2.33. The maximum atomic E-state index is 14.3. The molecule has 0 bridgehead atoms. The van der Waals surface area contributed by atoms with Gasteiger partial charge in [-0.3, -0.25) is 4.98 Å². The van der Waals surface area contributed by atoms with Gasteiger partial charge >= 0.3 is 0 Å². The molecule has 2 N–H and O–H groups in total. The molecule has 138 valence electrons. The van der Waals surface area contributed by atoms with Crippen molar-refractivity contribution in [3.8, 4) is 0 Å². The third-order valence-corrected chi connectivity index (χ3v) is 5.17. The van der Waals surface area contributed by atoms with E-state index >= 15 is 0 Å². The van der Waals surface area contributed by atoms with Gasteiger partial charge in [0.2, 0.25) is 0 Å². The van der Waals surface area contributed by atoms with Crippen molar-refractivity contribution < 1.29 is 14.6 Å². The summed E-state index contributed by atoms with van der Waals surface area (Å²) in [7, 11) is 0. The van der Waals surface area contributed by atoms with E-state index < -0.39 is 12.2 Å². The number of pyridine rings is 1. The highest BCUT2D eigenvalue weighted by Crippen LogP contribution is 2.26. The Hall–Kier alpha value is -1.23.